The Hall–Kier alpha value is -4.46. The predicted molar refractivity (Wildman–Crippen MR) is 159 cm³/mol. The van der Waals surface area contributed by atoms with Crippen molar-refractivity contribution in [3.63, 3.8) is 0 Å². The highest BCUT2D eigenvalue weighted by molar-refractivity contribution is 6.09. The highest BCUT2D eigenvalue weighted by Gasteiger charge is 2.50. The van der Waals surface area contributed by atoms with E-state index in [9.17, 15) is 14.4 Å². The first kappa shape index (κ1) is 29.5. The highest BCUT2D eigenvalue weighted by atomic mass is 16.6. The van der Waals surface area contributed by atoms with E-state index in [0.29, 0.717) is 38.6 Å². The molecule has 0 saturated heterocycles. The summed E-state index contributed by atoms with van der Waals surface area (Å²) < 4.78 is 5.21. The van der Waals surface area contributed by atoms with Gasteiger partial charge in [-0.15, -0.1) is 0 Å². The summed E-state index contributed by atoms with van der Waals surface area (Å²) in [6, 6.07) is 27.9. The van der Waals surface area contributed by atoms with Crippen molar-refractivity contribution >= 4 is 23.7 Å². The molecule has 1 heterocycles. The Kier molecular flexibility index (Phi) is 9.90. The monoisotopic (exact) mass is 554 g/mol. The summed E-state index contributed by atoms with van der Waals surface area (Å²) in [6.45, 7) is 3.93. The molecule has 8 nitrogen and oxygen atoms in total. The van der Waals surface area contributed by atoms with Crippen LogP contribution in [0.1, 0.15) is 56.2 Å². The summed E-state index contributed by atoms with van der Waals surface area (Å²) in [5, 5.41) is 2.74. The number of carbonyl (C=O) groups excluding carboxylic acids is 3. The minimum absolute atomic E-state index is 0.0555. The molecule has 0 aromatic heterocycles. The Morgan fingerprint density at radius 3 is 2.00 bits per heavy atom. The third-order valence-corrected chi connectivity index (χ3v) is 7.11. The number of nitrogens with one attached hydrogen (secondary N) is 1. The Balaban J connectivity index is 1.35. The van der Waals surface area contributed by atoms with Crippen LogP contribution >= 0.6 is 0 Å². The lowest BCUT2D eigenvalue weighted by Gasteiger charge is -2.27. The minimum Gasteiger partial charge on any atom is -0.447 e. The summed E-state index contributed by atoms with van der Waals surface area (Å²) in [6.07, 6.45) is 1.79. The van der Waals surface area contributed by atoms with Crippen LogP contribution in [-0.2, 0) is 26.3 Å². The van der Waals surface area contributed by atoms with E-state index in [2.05, 4.69) is 5.32 Å². The SMILES string of the molecule is CC(C)OC(=O)N[C@@H](Cc1ccccc1)C(=O)CCCCCN1C(=O)C(c2ccccc2)(c2ccccc2)N=C1N. The maximum atomic E-state index is 13.9. The molecular formula is C33H38N4O4. The zero-order chi connectivity index (χ0) is 29.2. The molecule has 0 spiro atoms. The Morgan fingerprint density at radius 2 is 1.44 bits per heavy atom. The first-order chi connectivity index (χ1) is 19.8. The molecule has 1 aliphatic rings. The van der Waals surface area contributed by atoms with Crippen LogP contribution in [0.2, 0.25) is 0 Å². The molecule has 0 unspecified atom stereocenters. The zero-order valence-corrected chi connectivity index (χ0v) is 23.7. The van der Waals surface area contributed by atoms with Gasteiger partial charge in [0, 0.05) is 13.0 Å². The number of hydrogen-bond acceptors (Lipinski definition) is 6. The van der Waals surface area contributed by atoms with E-state index in [-0.39, 0.29) is 23.8 Å². The first-order valence-electron chi connectivity index (χ1n) is 14.1. The molecule has 4 rings (SSSR count). The number of alkyl carbamates (subject to hydrolysis) is 1. The Labute approximate surface area is 241 Å². The van der Waals surface area contributed by atoms with Crippen LogP contribution in [0.4, 0.5) is 4.79 Å². The molecular weight excluding hydrogens is 516 g/mol. The quantitative estimate of drug-likeness (QED) is 0.290. The smallest absolute Gasteiger partial charge is 0.407 e. The van der Waals surface area contributed by atoms with Gasteiger partial charge in [0.25, 0.3) is 5.91 Å². The van der Waals surface area contributed by atoms with Crippen molar-refractivity contribution in [2.24, 2.45) is 10.7 Å². The van der Waals surface area contributed by atoms with E-state index in [1.807, 2.05) is 91.0 Å². The van der Waals surface area contributed by atoms with Gasteiger partial charge in [-0.25, -0.2) is 9.79 Å². The zero-order valence-electron chi connectivity index (χ0n) is 23.7. The van der Waals surface area contributed by atoms with Crippen LogP contribution in [0.5, 0.6) is 0 Å². The topological polar surface area (TPSA) is 114 Å². The maximum Gasteiger partial charge on any atom is 0.407 e. The molecule has 2 amide bonds. The second kappa shape index (κ2) is 13.7. The summed E-state index contributed by atoms with van der Waals surface area (Å²) in [7, 11) is 0. The lowest BCUT2D eigenvalue weighted by molar-refractivity contribution is -0.130. The minimum atomic E-state index is -1.22. The second-order valence-electron chi connectivity index (χ2n) is 10.5. The number of ketones is 1. The van der Waals surface area contributed by atoms with Gasteiger partial charge < -0.3 is 15.8 Å². The Morgan fingerprint density at radius 1 is 0.878 bits per heavy atom. The third-order valence-electron chi connectivity index (χ3n) is 7.11. The number of amides is 2. The summed E-state index contributed by atoms with van der Waals surface area (Å²) in [5.41, 5.74) is 7.59. The number of guanidine groups is 1. The lowest BCUT2D eigenvalue weighted by Crippen LogP contribution is -2.44. The molecule has 0 bridgehead atoms. The number of aliphatic imine (C=N–C) groups is 1. The van der Waals surface area contributed by atoms with E-state index in [1.54, 1.807) is 18.7 Å². The molecule has 3 aromatic carbocycles. The van der Waals surface area contributed by atoms with Crippen LogP contribution in [0.25, 0.3) is 0 Å². The van der Waals surface area contributed by atoms with Crippen molar-refractivity contribution in [3.8, 4) is 0 Å². The first-order valence-corrected chi connectivity index (χ1v) is 14.1. The largest absolute Gasteiger partial charge is 0.447 e. The van der Waals surface area contributed by atoms with Gasteiger partial charge in [0.2, 0.25) is 0 Å². The molecule has 41 heavy (non-hydrogen) atoms. The number of carbonyl (C=O) groups is 3. The third kappa shape index (κ3) is 7.20. The van der Waals surface area contributed by atoms with E-state index in [4.69, 9.17) is 15.5 Å². The normalized spacial score (nSPS) is 15.0. The molecule has 1 atom stereocenters. The van der Waals surface area contributed by atoms with Gasteiger partial charge in [0.1, 0.15) is 0 Å². The van der Waals surface area contributed by atoms with Gasteiger partial charge >= 0.3 is 6.09 Å². The number of unbranched alkanes of at least 4 members (excludes halogenated alkanes) is 2. The van der Waals surface area contributed by atoms with Gasteiger partial charge in [0.15, 0.2) is 17.3 Å². The summed E-state index contributed by atoms with van der Waals surface area (Å²) in [5.74, 6) is -0.0473. The Bertz CT molecular complexity index is 1300. The molecule has 3 N–H and O–H groups in total. The van der Waals surface area contributed by atoms with E-state index in [0.717, 1.165) is 16.7 Å². The predicted octanol–water partition coefficient (Wildman–Crippen LogP) is 4.96. The fourth-order valence-corrected chi connectivity index (χ4v) is 5.10. The van der Waals surface area contributed by atoms with Gasteiger partial charge in [-0.2, -0.15) is 0 Å². The average molecular weight is 555 g/mol. The molecule has 8 heteroatoms. The van der Waals surface area contributed by atoms with Crippen molar-refractivity contribution in [2.75, 3.05) is 6.54 Å². The molecule has 0 fully saturated rings. The summed E-state index contributed by atoms with van der Waals surface area (Å²) in [4.78, 5) is 45.5. The van der Waals surface area contributed by atoms with E-state index >= 15 is 0 Å². The van der Waals surface area contributed by atoms with Gasteiger partial charge in [-0.3, -0.25) is 14.5 Å². The molecule has 0 radical (unpaired) electrons. The van der Waals surface area contributed by atoms with Gasteiger partial charge in [0.05, 0.1) is 12.1 Å². The van der Waals surface area contributed by atoms with Crippen molar-refractivity contribution < 1.29 is 19.1 Å². The number of hydrogen-bond donors (Lipinski definition) is 2. The molecule has 214 valence electrons. The number of nitrogens with zero attached hydrogens (tertiary/aromatic N) is 2. The second-order valence-corrected chi connectivity index (χ2v) is 10.5. The lowest BCUT2D eigenvalue weighted by atomic mass is 9.83. The van der Waals surface area contributed by atoms with Crippen LogP contribution in [0.15, 0.2) is 96.0 Å². The highest BCUT2D eigenvalue weighted by Crippen LogP contribution is 2.39. The van der Waals surface area contributed by atoms with E-state index in [1.165, 1.54) is 0 Å². The summed E-state index contributed by atoms with van der Waals surface area (Å²) >= 11 is 0. The number of ether oxygens (including phenoxy) is 1. The number of nitrogens with two attached hydrogens (primary N) is 1. The van der Waals surface area contributed by atoms with Gasteiger partial charge in [-0.05, 0) is 49.8 Å². The van der Waals surface area contributed by atoms with E-state index < -0.39 is 17.7 Å². The van der Waals surface area contributed by atoms with Crippen LogP contribution in [-0.4, -0.2) is 47.3 Å². The fraction of sp³-hybridized carbons (Fsp3) is 0.333. The maximum absolute atomic E-state index is 13.9. The average Bonchev–Trinajstić information content (AvgIpc) is 3.23. The van der Waals surface area contributed by atoms with Crippen LogP contribution < -0.4 is 11.1 Å². The van der Waals surface area contributed by atoms with Crippen molar-refractivity contribution in [2.45, 2.75) is 63.6 Å². The molecule has 0 aliphatic carbocycles. The van der Waals surface area contributed by atoms with Crippen LogP contribution in [0.3, 0.4) is 0 Å². The fourth-order valence-electron chi connectivity index (χ4n) is 5.10. The number of rotatable bonds is 13. The van der Waals surface area contributed by atoms with Crippen molar-refractivity contribution in [3.05, 3.63) is 108 Å². The van der Waals surface area contributed by atoms with Crippen LogP contribution in [0, 0.1) is 0 Å². The van der Waals surface area contributed by atoms with Crippen molar-refractivity contribution in [1.82, 2.24) is 10.2 Å². The molecule has 0 saturated carbocycles. The van der Waals surface area contributed by atoms with Gasteiger partial charge in [-0.1, -0.05) is 97.4 Å². The standard InChI is InChI=1S/C33H38N4O4/c1-24(2)41-32(40)35-28(23-25-15-7-3-8-16-25)29(38)21-13-6-14-22-37-30(39)33(36-31(37)34,26-17-9-4-10-18-26)27-19-11-5-12-20-27/h3-5,7-12,15-20,24,28H,6,13-14,21-23H2,1-2H3,(H2,34,36)(H,35,40)/t28-/m0/s1. The molecule has 3 aromatic rings. The number of Topliss-reactive ketones (excluding diaryl/α,β-unsaturated/α-hetero) is 1. The molecule has 1 aliphatic heterocycles. The number of benzene rings is 3. The van der Waals surface area contributed by atoms with Crippen molar-refractivity contribution in [1.29, 1.82) is 0 Å².